The molecule has 1 aromatic carbocycles. The first-order valence-corrected chi connectivity index (χ1v) is 9.15. The van der Waals surface area contributed by atoms with E-state index in [1.807, 2.05) is 26.1 Å². The molecule has 0 bridgehead atoms. The Balaban J connectivity index is 0.00000225. The average Bonchev–Trinajstić information content (AvgIpc) is 3.17. The lowest BCUT2D eigenvalue weighted by atomic mass is 10.2. The summed E-state index contributed by atoms with van der Waals surface area (Å²) in [5.74, 6) is 2.34. The Bertz CT molecular complexity index is 769. The molecule has 2 heterocycles. The van der Waals surface area contributed by atoms with Gasteiger partial charge in [0.25, 0.3) is 0 Å². The molecule has 6 nitrogen and oxygen atoms in total. The Morgan fingerprint density at radius 3 is 2.92 bits per heavy atom. The smallest absolute Gasteiger partial charge is 0.231 e. The lowest BCUT2D eigenvalue weighted by Crippen LogP contribution is -2.38. The van der Waals surface area contributed by atoms with E-state index in [1.165, 1.54) is 0 Å². The van der Waals surface area contributed by atoms with Crippen LogP contribution >= 0.6 is 51.2 Å². The Hall–Kier alpha value is -1.07. The third-order valence-corrected chi connectivity index (χ3v) is 4.99. The summed E-state index contributed by atoms with van der Waals surface area (Å²) in [7, 11) is 3.78. The number of hydrogen-bond acceptors (Lipinski definition) is 5. The number of hydrogen-bond donors (Lipinski definition) is 1. The van der Waals surface area contributed by atoms with Crippen molar-refractivity contribution in [2.75, 3.05) is 20.9 Å². The maximum absolute atomic E-state index is 5.45. The van der Waals surface area contributed by atoms with E-state index >= 15 is 0 Å². The number of thiazole rings is 1. The van der Waals surface area contributed by atoms with Gasteiger partial charge < -0.3 is 19.7 Å². The first-order chi connectivity index (χ1) is 11.6. The number of nitrogens with one attached hydrogen (secondary N) is 1. The minimum absolute atomic E-state index is 0. The van der Waals surface area contributed by atoms with Gasteiger partial charge in [-0.3, -0.25) is 4.99 Å². The number of rotatable bonds is 4. The highest BCUT2D eigenvalue weighted by Crippen LogP contribution is 2.39. The number of guanidine groups is 1. The lowest BCUT2D eigenvalue weighted by molar-refractivity contribution is 0.173. The van der Waals surface area contributed by atoms with Gasteiger partial charge in [-0.25, -0.2) is 4.98 Å². The standard InChI is InChI=1S/C16H19BrN4O2S.HI/c1-10-20-12(8-24-10)7-21(3)16(18-2)19-6-11-4-13(17)15-14(5-11)22-9-23-15;/h4-5,8H,6-7,9H2,1-3H3,(H,18,19);1H. The van der Waals surface area contributed by atoms with E-state index in [0.29, 0.717) is 6.54 Å². The molecule has 2 aromatic rings. The first-order valence-electron chi connectivity index (χ1n) is 7.47. The van der Waals surface area contributed by atoms with Crippen molar-refractivity contribution < 1.29 is 9.47 Å². The summed E-state index contributed by atoms with van der Waals surface area (Å²) in [5, 5.41) is 6.52. The summed E-state index contributed by atoms with van der Waals surface area (Å²) in [6.45, 7) is 3.64. The van der Waals surface area contributed by atoms with Crippen LogP contribution in [0, 0.1) is 6.92 Å². The molecule has 9 heteroatoms. The number of aliphatic imine (C=N–C) groups is 1. The molecule has 0 aliphatic carbocycles. The summed E-state index contributed by atoms with van der Waals surface area (Å²) in [6, 6.07) is 4.01. The predicted molar refractivity (Wildman–Crippen MR) is 114 cm³/mol. The van der Waals surface area contributed by atoms with Gasteiger partial charge in [0.05, 0.1) is 21.7 Å². The number of aromatic nitrogens is 1. The molecule has 0 saturated carbocycles. The Morgan fingerprint density at radius 1 is 1.44 bits per heavy atom. The van der Waals surface area contributed by atoms with Crippen LogP contribution in [0.25, 0.3) is 0 Å². The largest absolute Gasteiger partial charge is 0.454 e. The fraction of sp³-hybridized carbons (Fsp3) is 0.375. The van der Waals surface area contributed by atoms with Gasteiger partial charge in [-0.05, 0) is 40.5 Å². The second-order valence-electron chi connectivity index (χ2n) is 5.43. The van der Waals surface area contributed by atoms with Gasteiger partial charge in [0.15, 0.2) is 17.5 Å². The van der Waals surface area contributed by atoms with Crippen LogP contribution < -0.4 is 14.8 Å². The SMILES string of the molecule is CN=C(NCc1cc(Br)c2c(c1)OCO2)N(C)Cc1csc(C)n1.I. The molecule has 1 aliphatic rings. The second kappa shape index (κ2) is 9.04. The van der Waals surface area contributed by atoms with Gasteiger partial charge in [-0.2, -0.15) is 0 Å². The van der Waals surface area contributed by atoms with Crippen molar-refractivity contribution in [2.24, 2.45) is 4.99 Å². The number of aryl methyl sites for hydroxylation is 1. The molecule has 0 unspecified atom stereocenters. The fourth-order valence-corrected chi connectivity index (χ4v) is 3.70. The Kier molecular flexibility index (Phi) is 7.32. The van der Waals surface area contributed by atoms with Gasteiger partial charge in [0.1, 0.15) is 0 Å². The third kappa shape index (κ3) is 4.98. The van der Waals surface area contributed by atoms with Crippen molar-refractivity contribution in [3.8, 4) is 11.5 Å². The van der Waals surface area contributed by atoms with E-state index in [2.05, 4.69) is 41.5 Å². The third-order valence-electron chi connectivity index (χ3n) is 3.58. The molecule has 0 atom stereocenters. The molecular weight excluding hydrogens is 519 g/mol. The summed E-state index contributed by atoms with van der Waals surface area (Å²) in [6.07, 6.45) is 0. The molecule has 0 saturated heterocycles. The van der Waals surface area contributed by atoms with Crippen molar-refractivity contribution in [1.82, 2.24) is 15.2 Å². The van der Waals surface area contributed by atoms with Crippen LogP contribution in [0.4, 0.5) is 0 Å². The zero-order valence-corrected chi connectivity index (χ0v) is 18.9. The van der Waals surface area contributed by atoms with Crippen molar-refractivity contribution in [2.45, 2.75) is 20.0 Å². The maximum Gasteiger partial charge on any atom is 0.231 e. The predicted octanol–water partition coefficient (Wildman–Crippen LogP) is 3.77. The minimum atomic E-state index is 0. The van der Waals surface area contributed by atoms with Crippen molar-refractivity contribution in [3.63, 3.8) is 0 Å². The highest BCUT2D eigenvalue weighted by atomic mass is 127. The number of halogens is 2. The molecule has 0 fully saturated rings. The first kappa shape index (κ1) is 20.2. The van der Waals surface area contributed by atoms with Crippen LogP contribution in [0.15, 0.2) is 27.0 Å². The molecule has 3 rings (SSSR count). The van der Waals surface area contributed by atoms with E-state index < -0.39 is 0 Å². The normalized spacial score (nSPS) is 12.7. The molecule has 1 aromatic heterocycles. The highest BCUT2D eigenvalue weighted by Gasteiger charge is 2.18. The molecule has 1 N–H and O–H groups in total. The van der Waals surface area contributed by atoms with Crippen molar-refractivity contribution in [3.05, 3.63) is 38.3 Å². The number of ether oxygens (including phenoxy) is 2. The Labute approximate surface area is 176 Å². The molecule has 0 radical (unpaired) electrons. The second-order valence-corrected chi connectivity index (χ2v) is 7.34. The van der Waals surface area contributed by atoms with Crippen LogP contribution in [0.1, 0.15) is 16.3 Å². The van der Waals surface area contributed by atoms with Crippen LogP contribution in [0.5, 0.6) is 11.5 Å². The number of benzene rings is 1. The minimum Gasteiger partial charge on any atom is -0.454 e. The summed E-state index contributed by atoms with van der Waals surface area (Å²) < 4.78 is 11.8. The summed E-state index contributed by atoms with van der Waals surface area (Å²) in [4.78, 5) is 10.9. The van der Waals surface area contributed by atoms with Gasteiger partial charge in [0.2, 0.25) is 6.79 Å². The molecule has 1 aliphatic heterocycles. The summed E-state index contributed by atoms with van der Waals surface area (Å²) in [5.41, 5.74) is 2.14. The van der Waals surface area contributed by atoms with Gasteiger partial charge >= 0.3 is 0 Å². The van der Waals surface area contributed by atoms with E-state index in [0.717, 1.165) is 44.7 Å². The van der Waals surface area contributed by atoms with Crippen LogP contribution in [-0.4, -0.2) is 36.7 Å². The zero-order valence-electron chi connectivity index (χ0n) is 14.2. The van der Waals surface area contributed by atoms with Gasteiger partial charge in [-0.15, -0.1) is 35.3 Å². The van der Waals surface area contributed by atoms with E-state index in [4.69, 9.17) is 9.47 Å². The molecule has 25 heavy (non-hydrogen) atoms. The molecule has 136 valence electrons. The van der Waals surface area contributed by atoms with Crippen LogP contribution in [0.2, 0.25) is 0 Å². The van der Waals surface area contributed by atoms with Crippen LogP contribution in [0.3, 0.4) is 0 Å². The monoisotopic (exact) mass is 538 g/mol. The van der Waals surface area contributed by atoms with E-state index in [1.54, 1.807) is 18.4 Å². The quantitative estimate of drug-likeness (QED) is 0.365. The van der Waals surface area contributed by atoms with Crippen LogP contribution in [-0.2, 0) is 13.1 Å². The number of fused-ring (bicyclic) bond motifs is 1. The summed E-state index contributed by atoms with van der Waals surface area (Å²) >= 11 is 5.18. The zero-order chi connectivity index (χ0) is 17.1. The fourth-order valence-electron chi connectivity index (χ4n) is 2.49. The van der Waals surface area contributed by atoms with Crippen molar-refractivity contribution in [1.29, 1.82) is 0 Å². The molecular formula is C16H20BrIN4O2S. The lowest BCUT2D eigenvalue weighted by Gasteiger charge is -2.21. The highest BCUT2D eigenvalue weighted by molar-refractivity contribution is 14.0. The molecule has 0 spiro atoms. The van der Waals surface area contributed by atoms with Gasteiger partial charge in [-0.1, -0.05) is 0 Å². The topological polar surface area (TPSA) is 59.0 Å². The van der Waals surface area contributed by atoms with E-state index in [-0.39, 0.29) is 30.8 Å². The van der Waals surface area contributed by atoms with Gasteiger partial charge in [0, 0.05) is 26.0 Å². The molecule has 0 amide bonds. The number of nitrogens with zero attached hydrogens (tertiary/aromatic N) is 3. The average molecular weight is 539 g/mol. The Morgan fingerprint density at radius 2 is 2.24 bits per heavy atom. The van der Waals surface area contributed by atoms with Crippen molar-refractivity contribution >= 4 is 57.2 Å². The van der Waals surface area contributed by atoms with E-state index in [9.17, 15) is 0 Å². The maximum atomic E-state index is 5.45.